The summed E-state index contributed by atoms with van der Waals surface area (Å²) in [5.74, 6) is -0.296. The van der Waals surface area contributed by atoms with Gasteiger partial charge in [0.15, 0.2) is 0 Å². The van der Waals surface area contributed by atoms with Gasteiger partial charge in [-0.1, -0.05) is 13.8 Å². The van der Waals surface area contributed by atoms with Crippen LogP contribution in [-0.4, -0.2) is 20.9 Å². The maximum absolute atomic E-state index is 10.7. The number of carbonyl (C=O) groups is 1. The normalized spacial score (nSPS) is 11.4. The standard InChI is InChI=1S/C12H20N2O2/c1-8(2)5-11-10(6-12(15)16)7-13-14(11)9(3)4/h7-9H,5-6H2,1-4H3,(H,15,16). The van der Waals surface area contributed by atoms with Crippen LogP contribution >= 0.6 is 0 Å². The fourth-order valence-corrected chi connectivity index (χ4v) is 1.79. The molecule has 4 nitrogen and oxygen atoms in total. The number of aromatic nitrogens is 2. The Morgan fingerprint density at radius 1 is 1.44 bits per heavy atom. The van der Waals surface area contributed by atoms with Crippen molar-refractivity contribution in [1.29, 1.82) is 0 Å². The lowest BCUT2D eigenvalue weighted by molar-refractivity contribution is -0.136. The van der Waals surface area contributed by atoms with Crippen LogP contribution in [0.15, 0.2) is 6.20 Å². The zero-order valence-electron chi connectivity index (χ0n) is 10.4. The van der Waals surface area contributed by atoms with E-state index in [1.165, 1.54) is 0 Å². The molecule has 1 heterocycles. The fourth-order valence-electron chi connectivity index (χ4n) is 1.79. The molecule has 16 heavy (non-hydrogen) atoms. The molecule has 1 aromatic heterocycles. The minimum Gasteiger partial charge on any atom is -0.481 e. The molecule has 0 aliphatic heterocycles. The van der Waals surface area contributed by atoms with Gasteiger partial charge in [0.2, 0.25) is 0 Å². The highest BCUT2D eigenvalue weighted by molar-refractivity contribution is 5.70. The molecule has 4 heteroatoms. The molecule has 0 fully saturated rings. The molecule has 90 valence electrons. The lowest BCUT2D eigenvalue weighted by Gasteiger charge is -2.14. The minimum absolute atomic E-state index is 0.0643. The summed E-state index contributed by atoms with van der Waals surface area (Å²) >= 11 is 0. The molecule has 0 aliphatic rings. The third-order valence-electron chi connectivity index (χ3n) is 2.42. The smallest absolute Gasteiger partial charge is 0.307 e. The van der Waals surface area contributed by atoms with Crippen molar-refractivity contribution >= 4 is 5.97 Å². The average molecular weight is 224 g/mol. The lowest BCUT2D eigenvalue weighted by Crippen LogP contribution is -2.12. The van der Waals surface area contributed by atoms with Crippen LogP contribution in [0.5, 0.6) is 0 Å². The maximum atomic E-state index is 10.7. The summed E-state index contributed by atoms with van der Waals surface area (Å²) in [6, 6.07) is 0.274. The van der Waals surface area contributed by atoms with E-state index < -0.39 is 5.97 Å². The van der Waals surface area contributed by atoms with Gasteiger partial charge in [0.1, 0.15) is 0 Å². The van der Waals surface area contributed by atoms with Crippen LogP contribution in [0.25, 0.3) is 0 Å². The van der Waals surface area contributed by atoms with Gasteiger partial charge < -0.3 is 5.11 Å². The van der Waals surface area contributed by atoms with E-state index in [-0.39, 0.29) is 12.5 Å². The van der Waals surface area contributed by atoms with Crippen molar-refractivity contribution in [2.75, 3.05) is 0 Å². The molecule has 1 N–H and O–H groups in total. The van der Waals surface area contributed by atoms with Crippen molar-refractivity contribution in [1.82, 2.24) is 9.78 Å². The highest BCUT2D eigenvalue weighted by Gasteiger charge is 2.16. The first-order valence-electron chi connectivity index (χ1n) is 5.68. The molecule has 0 aromatic carbocycles. The predicted octanol–water partition coefficient (Wildman–Crippen LogP) is 2.29. The molecule has 0 saturated heterocycles. The maximum Gasteiger partial charge on any atom is 0.307 e. The van der Waals surface area contributed by atoms with E-state index >= 15 is 0 Å². The Morgan fingerprint density at radius 3 is 2.50 bits per heavy atom. The number of hydrogen-bond donors (Lipinski definition) is 1. The van der Waals surface area contributed by atoms with E-state index in [1.807, 2.05) is 4.68 Å². The molecule has 1 rings (SSSR count). The number of hydrogen-bond acceptors (Lipinski definition) is 2. The van der Waals surface area contributed by atoms with Gasteiger partial charge in [-0.2, -0.15) is 5.10 Å². The lowest BCUT2D eigenvalue weighted by atomic mass is 10.0. The van der Waals surface area contributed by atoms with Gasteiger partial charge in [-0.25, -0.2) is 0 Å². The molecule has 0 atom stereocenters. The molecular weight excluding hydrogens is 204 g/mol. The predicted molar refractivity (Wildman–Crippen MR) is 62.5 cm³/mol. The van der Waals surface area contributed by atoms with Crippen LogP contribution in [0.3, 0.4) is 0 Å². The van der Waals surface area contributed by atoms with Crippen LogP contribution in [0.1, 0.15) is 45.0 Å². The van der Waals surface area contributed by atoms with Gasteiger partial charge in [0.05, 0.1) is 12.6 Å². The number of aliphatic carboxylic acids is 1. The Balaban J connectivity index is 3.03. The summed E-state index contributed by atoms with van der Waals surface area (Å²) in [5, 5.41) is 13.1. The molecule has 0 bridgehead atoms. The molecule has 0 spiro atoms. The summed E-state index contributed by atoms with van der Waals surface area (Å²) in [5.41, 5.74) is 1.90. The summed E-state index contributed by atoms with van der Waals surface area (Å²) in [6.45, 7) is 8.37. The zero-order chi connectivity index (χ0) is 12.3. The van der Waals surface area contributed by atoms with Gasteiger partial charge >= 0.3 is 5.97 Å². The summed E-state index contributed by atoms with van der Waals surface area (Å²) < 4.78 is 1.93. The molecule has 0 amide bonds. The van der Waals surface area contributed by atoms with Crippen LogP contribution in [-0.2, 0) is 17.6 Å². The quantitative estimate of drug-likeness (QED) is 0.834. The highest BCUT2D eigenvalue weighted by Crippen LogP contribution is 2.18. The largest absolute Gasteiger partial charge is 0.481 e. The summed E-state index contributed by atoms with van der Waals surface area (Å²) in [4.78, 5) is 10.7. The van der Waals surface area contributed by atoms with Gasteiger partial charge in [0.25, 0.3) is 0 Å². The van der Waals surface area contributed by atoms with E-state index in [1.54, 1.807) is 6.20 Å². The van der Waals surface area contributed by atoms with Crippen molar-refractivity contribution in [3.63, 3.8) is 0 Å². The van der Waals surface area contributed by atoms with Crippen LogP contribution < -0.4 is 0 Å². The highest BCUT2D eigenvalue weighted by atomic mass is 16.4. The van der Waals surface area contributed by atoms with E-state index in [2.05, 4.69) is 32.8 Å². The monoisotopic (exact) mass is 224 g/mol. The molecular formula is C12H20N2O2. The van der Waals surface area contributed by atoms with Gasteiger partial charge in [-0.05, 0) is 26.2 Å². The van der Waals surface area contributed by atoms with Crippen LogP contribution in [0.4, 0.5) is 0 Å². The third-order valence-corrected chi connectivity index (χ3v) is 2.42. The zero-order valence-corrected chi connectivity index (χ0v) is 10.4. The van der Waals surface area contributed by atoms with E-state index in [0.717, 1.165) is 17.7 Å². The van der Waals surface area contributed by atoms with Crippen LogP contribution in [0.2, 0.25) is 0 Å². The first-order chi connectivity index (χ1) is 7.41. The molecule has 0 radical (unpaired) electrons. The Kier molecular flexibility index (Phi) is 4.10. The summed E-state index contributed by atoms with van der Waals surface area (Å²) in [6.07, 6.45) is 2.63. The van der Waals surface area contributed by atoms with Crippen molar-refractivity contribution in [3.8, 4) is 0 Å². The second-order valence-corrected chi connectivity index (χ2v) is 4.82. The molecule has 0 aliphatic carbocycles. The Hall–Kier alpha value is -1.32. The molecule has 0 saturated carbocycles. The topological polar surface area (TPSA) is 55.1 Å². The number of rotatable bonds is 5. The van der Waals surface area contributed by atoms with E-state index in [4.69, 9.17) is 5.11 Å². The number of nitrogens with zero attached hydrogens (tertiary/aromatic N) is 2. The average Bonchev–Trinajstić information content (AvgIpc) is 2.47. The summed E-state index contributed by atoms with van der Waals surface area (Å²) in [7, 11) is 0. The van der Waals surface area contributed by atoms with Crippen molar-refractivity contribution in [2.24, 2.45) is 5.92 Å². The van der Waals surface area contributed by atoms with E-state index in [9.17, 15) is 4.79 Å². The van der Waals surface area contributed by atoms with E-state index in [0.29, 0.717) is 5.92 Å². The first kappa shape index (κ1) is 12.7. The Morgan fingerprint density at radius 2 is 2.06 bits per heavy atom. The number of carboxylic acid groups (broad SMARTS) is 1. The molecule has 0 unspecified atom stereocenters. The van der Waals surface area contributed by atoms with Gasteiger partial charge in [-0.3, -0.25) is 9.48 Å². The van der Waals surface area contributed by atoms with Crippen LogP contribution in [0, 0.1) is 5.92 Å². The van der Waals surface area contributed by atoms with Crippen molar-refractivity contribution in [3.05, 3.63) is 17.5 Å². The second-order valence-electron chi connectivity index (χ2n) is 4.82. The van der Waals surface area contributed by atoms with Crippen molar-refractivity contribution in [2.45, 2.75) is 46.6 Å². The second kappa shape index (κ2) is 5.14. The van der Waals surface area contributed by atoms with Gasteiger partial charge in [0, 0.05) is 17.3 Å². The first-order valence-corrected chi connectivity index (χ1v) is 5.68. The number of carboxylic acids is 1. The molecule has 1 aromatic rings. The van der Waals surface area contributed by atoms with Crippen molar-refractivity contribution < 1.29 is 9.90 Å². The Labute approximate surface area is 96.3 Å². The third kappa shape index (κ3) is 3.08. The SMILES string of the molecule is CC(C)Cc1c(CC(=O)O)cnn1C(C)C. The minimum atomic E-state index is -0.798. The fraction of sp³-hybridized carbons (Fsp3) is 0.667. The van der Waals surface area contributed by atoms with Gasteiger partial charge in [-0.15, -0.1) is 0 Å². The Bertz CT molecular complexity index is 367.